The van der Waals surface area contributed by atoms with Gasteiger partial charge in [0.25, 0.3) is 0 Å². The number of thioether (sulfide) groups is 1. The predicted octanol–water partition coefficient (Wildman–Crippen LogP) is 5.42. The summed E-state index contributed by atoms with van der Waals surface area (Å²) < 4.78 is 0. The third kappa shape index (κ3) is 3.64. The molecule has 1 amide bonds. The van der Waals surface area contributed by atoms with Gasteiger partial charge in [0.05, 0.1) is 11.3 Å². The number of thiophene rings is 2. The Bertz CT molecular complexity index is 1190. The van der Waals surface area contributed by atoms with Gasteiger partial charge < -0.3 is 5.32 Å². The third-order valence-corrected chi connectivity index (χ3v) is 9.14. The van der Waals surface area contributed by atoms with E-state index in [0.717, 1.165) is 65.2 Å². The lowest BCUT2D eigenvalue weighted by molar-refractivity contribution is -0.113. The van der Waals surface area contributed by atoms with Crippen LogP contribution in [0.1, 0.15) is 58.0 Å². The molecule has 5 rings (SSSR count). The van der Waals surface area contributed by atoms with Crippen molar-refractivity contribution in [2.75, 3.05) is 11.1 Å². The van der Waals surface area contributed by atoms with Crippen molar-refractivity contribution in [1.29, 1.82) is 5.26 Å². The molecule has 0 aliphatic heterocycles. The molecule has 5 nitrogen and oxygen atoms in total. The molecule has 0 unspecified atom stereocenters. The average Bonchev–Trinajstić information content (AvgIpc) is 3.28. The van der Waals surface area contributed by atoms with Crippen LogP contribution in [0.2, 0.25) is 0 Å². The third-order valence-electron chi connectivity index (χ3n) is 5.77. The Kier molecular flexibility index (Phi) is 5.52. The fourth-order valence-electron chi connectivity index (χ4n) is 4.40. The Labute approximate surface area is 187 Å². The van der Waals surface area contributed by atoms with Crippen molar-refractivity contribution in [3.05, 3.63) is 32.3 Å². The number of rotatable bonds is 4. The molecule has 0 spiro atoms. The smallest absolute Gasteiger partial charge is 0.235 e. The minimum absolute atomic E-state index is 0.0800. The van der Waals surface area contributed by atoms with Crippen LogP contribution in [-0.4, -0.2) is 21.6 Å². The normalized spacial score (nSPS) is 15.5. The molecule has 0 bridgehead atoms. The lowest BCUT2D eigenvalue weighted by atomic mass is 9.96. The first-order valence-corrected chi connectivity index (χ1v) is 13.0. The van der Waals surface area contributed by atoms with E-state index in [1.54, 1.807) is 22.7 Å². The predicted molar refractivity (Wildman–Crippen MR) is 124 cm³/mol. The molecule has 0 atom stereocenters. The number of nitrogens with zero attached hydrogens (tertiary/aromatic N) is 3. The first-order valence-electron chi connectivity index (χ1n) is 10.4. The van der Waals surface area contributed by atoms with Crippen LogP contribution in [0.4, 0.5) is 5.00 Å². The van der Waals surface area contributed by atoms with Gasteiger partial charge in [-0.2, -0.15) is 5.26 Å². The summed E-state index contributed by atoms with van der Waals surface area (Å²) in [5.74, 6) is 0.953. The number of fused-ring (bicyclic) bond motifs is 4. The second-order valence-electron chi connectivity index (χ2n) is 7.83. The maximum Gasteiger partial charge on any atom is 0.235 e. The number of amides is 1. The molecular weight excluding hydrogens is 432 g/mol. The quantitative estimate of drug-likeness (QED) is 0.420. The first-order chi connectivity index (χ1) is 14.6. The van der Waals surface area contributed by atoms with Crippen molar-refractivity contribution in [2.24, 2.45) is 0 Å². The highest BCUT2D eigenvalue weighted by atomic mass is 32.2. The molecule has 0 aromatic carbocycles. The second kappa shape index (κ2) is 8.29. The number of carbonyl (C=O) groups excluding carboxylic acids is 1. The van der Waals surface area contributed by atoms with E-state index in [-0.39, 0.29) is 11.7 Å². The van der Waals surface area contributed by atoms with Gasteiger partial charge in [0.1, 0.15) is 26.8 Å². The molecule has 8 heteroatoms. The topological polar surface area (TPSA) is 78.7 Å². The van der Waals surface area contributed by atoms with Crippen LogP contribution in [0.5, 0.6) is 0 Å². The Morgan fingerprint density at radius 2 is 1.77 bits per heavy atom. The monoisotopic (exact) mass is 454 g/mol. The number of anilines is 1. The Hall–Kier alpha value is -1.95. The van der Waals surface area contributed by atoms with E-state index >= 15 is 0 Å². The number of nitriles is 1. The zero-order chi connectivity index (χ0) is 20.7. The fraction of sp³-hybridized carbons (Fsp3) is 0.455. The van der Waals surface area contributed by atoms with E-state index in [9.17, 15) is 10.1 Å². The van der Waals surface area contributed by atoms with Gasteiger partial charge in [0.2, 0.25) is 5.91 Å². The number of hydrogen-bond donors (Lipinski definition) is 1. The van der Waals surface area contributed by atoms with Crippen LogP contribution in [0.3, 0.4) is 0 Å². The number of aromatic nitrogens is 2. The molecule has 0 saturated heterocycles. The zero-order valence-corrected chi connectivity index (χ0v) is 19.3. The summed E-state index contributed by atoms with van der Waals surface area (Å²) in [6.45, 7) is 1.91. The molecule has 0 radical (unpaired) electrons. The Balaban J connectivity index is 1.36. The van der Waals surface area contributed by atoms with Crippen molar-refractivity contribution in [3.8, 4) is 6.07 Å². The molecule has 3 heterocycles. The van der Waals surface area contributed by atoms with Gasteiger partial charge >= 0.3 is 0 Å². The van der Waals surface area contributed by atoms with Crippen LogP contribution in [0.15, 0.2) is 5.03 Å². The van der Waals surface area contributed by atoms with Crippen LogP contribution >= 0.6 is 34.4 Å². The summed E-state index contributed by atoms with van der Waals surface area (Å²) in [5, 5.41) is 15.4. The van der Waals surface area contributed by atoms with E-state index < -0.39 is 0 Å². The van der Waals surface area contributed by atoms with Crippen molar-refractivity contribution in [3.63, 3.8) is 0 Å². The molecule has 3 aromatic heterocycles. The van der Waals surface area contributed by atoms with Gasteiger partial charge in [-0.1, -0.05) is 11.8 Å². The van der Waals surface area contributed by atoms with E-state index in [1.165, 1.54) is 39.9 Å². The number of hydrogen-bond acceptors (Lipinski definition) is 7. The molecular formula is C22H22N4OS3. The largest absolute Gasteiger partial charge is 0.316 e. The van der Waals surface area contributed by atoms with Crippen molar-refractivity contribution in [1.82, 2.24) is 9.97 Å². The van der Waals surface area contributed by atoms with E-state index in [2.05, 4.69) is 21.4 Å². The minimum atomic E-state index is -0.0800. The standard InChI is InChI=1S/C22H22N4OS3/c1-12-24-21(19-14-7-3-5-9-17(14)30-22(19)25-12)28-11-18(27)26-20-15(10-23)13-6-2-4-8-16(13)29-20/h2-9,11H2,1H3,(H,26,27). The number of nitrogens with one attached hydrogen (secondary N) is 1. The van der Waals surface area contributed by atoms with Gasteiger partial charge in [0, 0.05) is 15.1 Å². The SMILES string of the molecule is Cc1nc(SCC(=O)Nc2sc3c(c2C#N)CCCC3)c2c3c(sc2n1)CCCC3. The van der Waals surface area contributed by atoms with E-state index in [1.807, 2.05) is 6.92 Å². The summed E-state index contributed by atoms with van der Waals surface area (Å²) in [5.41, 5.74) is 3.21. The lowest BCUT2D eigenvalue weighted by Crippen LogP contribution is -2.14. The van der Waals surface area contributed by atoms with Crippen LogP contribution in [0, 0.1) is 18.3 Å². The van der Waals surface area contributed by atoms with Crippen LogP contribution < -0.4 is 5.32 Å². The van der Waals surface area contributed by atoms with E-state index in [0.29, 0.717) is 10.6 Å². The van der Waals surface area contributed by atoms with Crippen molar-refractivity contribution in [2.45, 2.75) is 63.3 Å². The summed E-state index contributed by atoms with van der Waals surface area (Å²) in [6.07, 6.45) is 8.89. The first kappa shape index (κ1) is 20.0. The highest BCUT2D eigenvalue weighted by Gasteiger charge is 2.23. The molecule has 30 heavy (non-hydrogen) atoms. The Morgan fingerprint density at radius 1 is 1.07 bits per heavy atom. The molecule has 3 aromatic rings. The highest BCUT2D eigenvalue weighted by Crippen LogP contribution is 2.40. The highest BCUT2D eigenvalue weighted by molar-refractivity contribution is 8.00. The summed E-state index contributed by atoms with van der Waals surface area (Å²) in [6, 6.07) is 2.31. The maximum absolute atomic E-state index is 12.7. The molecule has 0 saturated carbocycles. The summed E-state index contributed by atoms with van der Waals surface area (Å²) in [4.78, 5) is 25.8. The van der Waals surface area contributed by atoms with Gasteiger partial charge in [-0.25, -0.2) is 9.97 Å². The molecule has 1 N–H and O–H groups in total. The van der Waals surface area contributed by atoms with Gasteiger partial charge in [-0.15, -0.1) is 22.7 Å². The Morgan fingerprint density at radius 3 is 2.53 bits per heavy atom. The number of aryl methyl sites for hydroxylation is 4. The minimum Gasteiger partial charge on any atom is -0.316 e. The second-order valence-corrected chi connectivity index (χ2v) is 11.0. The van der Waals surface area contributed by atoms with Crippen molar-refractivity contribution < 1.29 is 4.79 Å². The molecule has 0 fully saturated rings. The molecule has 2 aliphatic carbocycles. The number of carbonyl (C=O) groups is 1. The van der Waals surface area contributed by atoms with Gasteiger partial charge in [-0.05, 0) is 69.4 Å². The zero-order valence-electron chi connectivity index (χ0n) is 16.8. The molecule has 2 aliphatic rings. The van der Waals surface area contributed by atoms with Crippen LogP contribution in [-0.2, 0) is 30.5 Å². The van der Waals surface area contributed by atoms with Gasteiger partial charge in [0.15, 0.2) is 0 Å². The molecule has 154 valence electrons. The van der Waals surface area contributed by atoms with Gasteiger partial charge in [-0.3, -0.25) is 4.79 Å². The van der Waals surface area contributed by atoms with Crippen molar-refractivity contribution >= 4 is 55.6 Å². The fourth-order valence-corrected chi connectivity index (χ4v) is 7.93. The lowest BCUT2D eigenvalue weighted by Gasteiger charge is -2.11. The summed E-state index contributed by atoms with van der Waals surface area (Å²) in [7, 11) is 0. The van der Waals surface area contributed by atoms with Crippen LogP contribution in [0.25, 0.3) is 10.2 Å². The van der Waals surface area contributed by atoms with E-state index in [4.69, 9.17) is 0 Å². The summed E-state index contributed by atoms with van der Waals surface area (Å²) >= 11 is 4.84. The maximum atomic E-state index is 12.7. The average molecular weight is 455 g/mol.